The normalized spacial score (nSPS) is 36.7. The molecule has 1 spiro atoms. The predicted molar refractivity (Wildman–Crippen MR) is 83.0 cm³/mol. The molecule has 0 aromatic heterocycles. The quantitative estimate of drug-likeness (QED) is 0.798. The van der Waals surface area contributed by atoms with E-state index in [1.165, 1.54) is 30.1 Å². The fourth-order valence-corrected chi connectivity index (χ4v) is 6.15. The summed E-state index contributed by atoms with van der Waals surface area (Å²) in [4.78, 5) is 12.5. The molecule has 0 N–H and O–H groups in total. The first-order chi connectivity index (χ1) is 9.27. The van der Waals surface area contributed by atoms with E-state index in [1.807, 2.05) is 23.5 Å². The molecule has 0 aliphatic carbocycles. The Kier molecular flexibility index (Phi) is 4.81. The predicted octanol–water partition coefficient (Wildman–Crippen LogP) is 3.39. The van der Waals surface area contributed by atoms with Crippen molar-refractivity contribution in [3.63, 3.8) is 0 Å². The van der Waals surface area contributed by atoms with Crippen LogP contribution in [-0.4, -0.2) is 41.0 Å². The Balaban J connectivity index is 1.54. The summed E-state index contributed by atoms with van der Waals surface area (Å²) in [6, 6.07) is 0. The zero-order valence-electron chi connectivity index (χ0n) is 11.6. The second-order valence-corrected chi connectivity index (χ2v) is 8.58. The van der Waals surface area contributed by atoms with Crippen molar-refractivity contribution < 1.29 is 9.53 Å². The lowest BCUT2D eigenvalue weighted by atomic mass is 9.80. The highest BCUT2D eigenvalue weighted by molar-refractivity contribution is 7.99. The number of carbonyl (C=O) groups excluding carboxylic acids is 1. The van der Waals surface area contributed by atoms with Crippen LogP contribution in [0.25, 0.3) is 0 Å². The van der Waals surface area contributed by atoms with Crippen molar-refractivity contribution in [2.75, 3.05) is 29.6 Å². The van der Waals surface area contributed by atoms with Gasteiger partial charge in [0.05, 0.1) is 5.60 Å². The molecule has 0 aromatic rings. The number of carbonyl (C=O) groups is 1. The average molecular weight is 300 g/mol. The first kappa shape index (κ1) is 14.3. The van der Waals surface area contributed by atoms with Crippen LogP contribution in [-0.2, 0) is 9.53 Å². The lowest BCUT2D eigenvalue weighted by molar-refractivity contribution is -0.135. The van der Waals surface area contributed by atoms with Crippen LogP contribution >= 0.6 is 23.5 Å². The number of ether oxygens (including phenoxy) is 1. The molecule has 3 heterocycles. The van der Waals surface area contributed by atoms with Gasteiger partial charge in [-0.1, -0.05) is 0 Å². The highest BCUT2D eigenvalue weighted by atomic mass is 32.2. The van der Waals surface area contributed by atoms with Crippen LogP contribution in [0.3, 0.4) is 0 Å². The van der Waals surface area contributed by atoms with Gasteiger partial charge in [-0.05, 0) is 55.3 Å². The number of Topliss-reactive ketones (excluding diaryl/α,β-unsaturated/α-hetero) is 1. The molecule has 3 rings (SSSR count). The summed E-state index contributed by atoms with van der Waals surface area (Å²) in [5.74, 6) is 6.33. The maximum atomic E-state index is 12.5. The Bertz CT molecular complexity index is 320. The van der Waals surface area contributed by atoms with Crippen molar-refractivity contribution in [1.82, 2.24) is 0 Å². The highest BCUT2D eigenvalue weighted by Gasteiger charge is 2.42. The SMILES string of the molecule is O=C(CC1CCSCC1)C1CCOC2(CCSC2)C1. The van der Waals surface area contributed by atoms with Crippen molar-refractivity contribution in [2.24, 2.45) is 11.8 Å². The molecule has 3 aliphatic heterocycles. The first-order valence-corrected chi connectivity index (χ1v) is 9.91. The largest absolute Gasteiger partial charge is 0.374 e. The number of thioether (sulfide) groups is 2. The average Bonchev–Trinajstić information content (AvgIpc) is 2.88. The molecule has 0 bridgehead atoms. The fourth-order valence-electron chi connectivity index (χ4n) is 3.57. The molecule has 3 saturated heterocycles. The van der Waals surface area contributed by atoms with Gasteiger partial charge < -0.3 is 4.74 Å². The van der Waals surface area contributed by atoms with Gasteiger partial charge in [-0.2, -0.15) is 23.5 Å². The Morgan fingerprint density at radius 2 is 2.00 bits per heavy atom. The van der Waals surface area contributed by atoms with E-state index in [1.54, 1.807) is 0 Å². The smallest absolute Gasteiger partial charge is 0.136 e. The van der Waals surface area contributed by atoms with Crippen molar-refractivity contribution in [1.29, 1.82) is 0 Å². The third kappa shape index (κ3) is 3.51. The minimum Gasteiger partial charge on any atom is -0.374 e. The minimum absolute atomic E-state index is 0.0612. The van der Waals surface area contributed by atoms with E-state index in [9.17, 15) is 4.79 Å². The third-order valence-electron chi connectivity index (χ3n) is 4.85. The Labute approximate surface area is 124 Å². The monoisotopic (exact) mass is 300 g/mol. The first-order valence-electron chi connectivity index (χ1n) is 7.60. The molecule has 2 atom stereocenters. The molecule has 0 aromatic carbocycles. The highest BCUT2D eigenvalue weighted by Crippen LogP contribution is 2.41. The molecule has 0 radical (unpaired) electrons. The molecule has 2 nitrogen and oxygen atoms in total. The van der Waals surface area contributed by atoms with Crippen molar-refractivity contribution in [3.05, 3.63) is 0 Å². The summed E-state index contributed by atoms with van der Waals surface area (Å²) in [7, 11) is 0. The van der Waals surface area contributed by atoms with Gasteiger partial charge in [-0.3, -0.25) is 4.79 Å². The molecule has 2 unspecified atom stereocenters. The van der Waals surface area contributed by atoms with Crippen molar-refractivity contribution >= 4 is 29.3 Å². The third-order valence-corrected chi connectivity index (χ3v) is 7.12. The topological polar surface area (TPSA) is 26.3 Å². The Hall–Kier alpha value is 0.330. The molecule has 0 saturated carbocycles. The van der Waals surface area contributed by atoms with Crippen LogP contribution in [0.5, 0.6) is 0 Å². The molecule has 108 valence electrons. The molecule has 19 heavy (non-hydrogen) atoms. The van der Waals surface area contributed by atoms with Gasteiger partial charge in [0, 0.05) is 24.7 Å². The number of rotatable bonds is 3. The number of hydrogen-bond acceptors (Lipinski definition) is 4. The standard InChI is InChI=1S/C15H24O2S2/c16-14(9-12-2-6-18-7-3-12)13-1-5-17-15(10-13)4-8-19-11-15/h12-13H,1-11H2. The fraction of sp³-hybridized carbons (Fsp3) is 0.933. The van der Waals surface area contributed by atoms with Crippen LogP contribution in [0.2, 0.25) is 0 Å². The Morgan fingerprint density at radius 3 is 2.74 bits per heavy atom. The van der Waals surface area contributed by atoms with Crippen LogP contribution in [0.15, 0.2) is 0 Å². The molecule has 4 heteroatoms. The summed E-state index contributed by atoms with van der Waals surface area (Å²) in [5, 5.41) is 0. The van der Waals surface area contributed by atoms with Gasteiger partial charge in [0.1, 0.15) is 5.78 Å². The zero-order valence-corrected chi connectivity index (χ0v) is 13.2. The van der Waals surface area contributed by atoms with Gasteiger partial charge in [-0.25, -0.2) is 0 Å². The molecular formula is C15H24O2S2. The van der Waals surface area contributed by atoms with E-state index in [-0.39, 0.29) is 5.60 Å². The maximum Gasteiger partial charge on any atom is 0.136 e. The zero-order chi connectivity index (χ0) is 13.1. The summed E-state index contributed by atoms with van der Waals surface area (Å²) in [6.07, 6.45) is 6.46. The van der Waals surface area contributed by atoms with Crippen LogP contribution < -0.4 is 0 Å². The maximum absolute atomic E-state index is 12.5. The lowest BCUT2D eigenvalue weighted by Gasteiger charge is -2.37. The summed E-state index contributed by atoms with van der Waals surface area (Å²) < 4.78 is 6.02. The summed E-state index contributed by atoms with van der Waals surface area (Å²) >= 11 is 4.03. The van der Waals surface area contributed by atoms with Gasteiger partial charge in [-0.15, -0.1) is 0 Å². The molecule has 3 aliphatic rings. The van der Waals surface area contributed by atoms with E-state index < -0.39 is 0 Å². The van der Waals surface area contributed by atoms with E-state index in [0.717, 1.165) is 38.0 Å². The van der Waals surface area contributed by atoms with E-state index >= 15 is 0 Å². The van der Waals surface area contributed by atoms with Crippen molar-refractivity contribution in [3.8, 4) is 0 Å². The van der Waals surface area contributed by atoms with Crippen LogP contribution in [0.1, 0.15) is 38.5 Å². The van der Waals surface area contributed by atoms with Gasteiger partial charge in [0.2, 0.25) is 0 Å². The molecular weight excluding hydrogens is 276 g/mol. The lowest BCUT2D eigenvalue weighted by Crippen LogP contribution is -2.42. The minimum atomic E-state index is 0.0612. The van der Waals surface area contributed by atoms with Gasteiger partial charge in [0.25, 0.3) is 0 Å². The number of ketones is 1. The van der Waals surface area contributed by atoms with E-state index in [2.05, 4.69) is 0 Å². The van der Waals surface area contributed by atoms with E-state index in [0.29, 0.717) is 17.6 Å². The van der Waals surface area contributed by atoms with Crippen LogP contribution in [0.4, 0.5) is 0 Å². The summed E-state index contributed by atoms with van der Waals surface area (Å²) in [6.45, 7) is 0.803. The second kappa shape index (κ2) is 6.40. The van der Waals surface area contributed by atoms with Crippen LogP contribution in [0, 0.1) is 11.8 Å². The molecule has 0 amide bonds. The second-order valence-electron chi connectivity index (χ2n) is 6.25. The van der Waals surface area contributed by atoms with Gasteiger partial charge >= 0.3 is 0 Å². The van der Waals surface area contributed by atoms with Crippen molar-refractivity contribution in [2.45, 2.75) is 44.1 Å². The Morgan fingerprint density at radius 1 is 1.16 bits per heavy atom. The van der Waals surface area contributed by atoms with E-state index in [4.69, 9.17) is 4.74 Å². The van der Waals surface area contributed by atoms with Gasteiger partial charge in [0.15, 0.2) is 0 Å². The summed E-state index contributed by atoms with van der Waals surface area (Å²) in [5.41, 5.74) is 0.0612. The number of hydrogen-bond donors (Lipinski definition) is 0. The molecule has 3 fully saturated rings.